The van der Waals surface area contributed by atoms with Crippen molar-refractivity contribution in [3.63, 3.8) is 0 Å². The lowest BCUT2D eigenvalue weighted by atomic mass is 9.96. The minimum absolute atomic E-state index is 0.00370. The molecule has 0 atom stereocenters. The van der Waals surface area contributed by atoms with Crippen molar-refractivity contribution in [3.05, 3.63) is 41.9 Å². The zero-order valence-corrected chi connectivity index (χ0v) is 16.4. The lowest BCUT2D eigenvalue weighted by Gasteiger charge is -2.33. The Balaban J connectivity index is 1.36. The average Bonchev–Trinajstić information content (AvgIpc) is 3.43. The molecule has 2 fully saturated rings. The summed E-state index contributed by atoms with van der Waals surface area (Å²) in [6, 6.07) is 6.31. The van der Waals surface area contributed by atoms with Crippen LogP contribution in [0.5, 0.6) is 0 Å². The lowest BCUT2D eigenvalue weighted by Crippen LogP contribution is -2.35. The molecule has 30 heavy (non-hydrogen) atoms. The van der Waals surface area contributed by atoms with Crippen molar-refractivity contribution >= 4 is 17.3 Å². The third-order valence-corrected chi connectivity index (χ3v) is 5.95. The van der Waals surface area contributed by atoms with E-state index in [0.717, 1.165) is 30.8 Å². The highest BCUT2D eigenvalue weighted by molar-refractivity contribution is 5.49. The molecule has 0 aliphatic carbocycles. The molecule has 3 aromatic rings. The number of pyridine rings is 1. The fourth-order valence-corrected chi connectivity index (χ4v) is 4.38. The molecule has 10 heteroatoms. The Morgan fingerprint density at radius 2 is 1.67 bits per heavy atom. The number of piperidine rings is 1. The molecule has 2 aliphatic heterocycles. The molecule has 0 N–H and O–H groups in total. The number of nitrogens with zero attached hydrogens (tertiary/aromatic N) is 7. The van der Waals surface area contributed by atoms with Crippen LogP contribution in [-0.4, -0.2) is 51.0 Å². The smallest absolute Gasteiger partial charge is 0.356 e. The molecular formula is C20H22F3N7. The third-order valence-electron chi connectivity index (χ3n) is 5.95. The summed E-state index contributed by atoms with van der Waals surface area (Å²) in [5.74, 6) is 1.80. The maximum Gasteiger partial charge on any atom is 0.419 e. The number of hydrogen-bond acceptors (Lipinski definition) is 6. The van der Waals surface area contributed by atoms with Gasteiger partial charge in [0.1, 0.15) is 11.6 Å². The van der Waals surface area contributed by atoms with E-state index in [-0.39, 0.29) is 11.7 Å². The van der Waals surface area contributed by atoms with Gasteiger partial charge in [0.05, 0.1) is 5.56 Å². The van der Waals surface area contributed by atoms with Crippen molar-refractivity contribution in [1.82, 2.24) is 24.8 Å². The van der Waals surface area contributed by atoms with E-state index < -0.39 is 11.7 Å². The normalized spacial score (nSPS) is 18.5. The first-order chi connectivity index (χ1) is 14.5. The quantitative estimate of drug-likeness (QED) is 0.650. The van der Waals surface area contributed by atoms with Crippen molar-refractivity contribution in [2.24, 2.45) is 0 Å². The topological polar surface area (TPSA) is 62.5 Å². The standard InChI is InChI=1S/C20H22F3N7/c21-20(22,23)15-4-3-9-24-19(15)29-12-7-14(8-13-29)18-26-25-16-5-6-17(27-30(16)18)28-10-1-2-11-28/h3-6,9,14H,1-2,7-8,10-13H2. The number of aromatic nitrogens is 5. The Morgan fingerprint density at radius 1 is 0.900 bits per heavy atom. The van der Waals surface area contributed by atoms with Gasteiger partial charge in [-0.3, -0.25) is 0 Å². The first kappa shape index (κ1) is 19.1. The molecule has 2 saturated heterocycles. The summed E-state index contributed by atoms with van der Waals surface area (Å²) in [5, 5.41) is 13.4. The van der Waals surface area contributed by atoms with Crippen LogP contribution >= 0.6 is 0 Å². The van der Waals surface area contributed by atoms with Crippen LogP contribution in [0, 0.1) is 0 Å². The van der Waals surface area contributed by atoms with Crippen LogP contribution in [0.15, 0.2) is 30.5 Å². The van der Waals surface area contributed by atoms with E-state index in [4.69, 9.17) is 5.10 Å². The van der Waals surface area contributed by atoms with Gasteiger partial charge in [-0.1, -0.05) is 0 Å². The molecule has 0 bridgehead atoms. The number of rotatable bonds is 3. The zero-order chi connectivity index (χ0) is 20.7. The molecule has 158 valence electrons. The predicted molar refractivity (Wildman–Crippen MR) is 106 cm³/mol. The molecule has 0 unspecified atom stereocenters. The van der Waals surface area contributed by atoms with Gasteiger partial charge in [0.15, 0.2) is 11.5 Å². The highest BCUT2D eigenvalue weighted by Crippen LogP contribution is 2.37. The second-order valence-corrected chi connectivity index (χ2v) is 7.85. The monoisotopic (exact) mass is 417 g/mol. The van der Waals surface area contributed by atoms with Gasteiger partial charge in [0.2, 0.25) is 0 Å². The van der Waals surface area contributed by atoms with E-state index in [1.807, 2.05) is 12.1 Å². The Kier molecular flexibility index (Phi) is 4.71. The maximum absolute atomic E-state index is 13.3. The minimum atomic E-state index is -4.42. The fourth-order valence-electron chi connectivity index (χ4n) is 4.38. The highest BCUT2D eigenvalue weighted by atomic mass is 19.4. The minimum Gasteiger partial charge on any atom is -0.356 e. The number of halogens is 3. The first-order valence-electron chi connectivity index (χ1n) is 10.3. The first-order valence-corrected chi connectivity index (χ1v) is 10.3. The Labute approximate surface area is 171 Å². The molecular weight excluding hydrogens is 395 g/mol. The van der Waals surface area contributed by atoms with Gasteiger partial charge in [0.25, 0.3) is 0 Å². The molecule has 5 heterocycles. The largest absolute Gasteiger partial charge is 0.419 e. The molecule has 2 aliphatic rings. The van der Waals surface area contributed by atoms with E-state index in [1.165, 1.54) is 25.1 Å². The van der Waals surface area contributed by atoms with E-state index in [0.29, 0.717) is 31.6 Å². The van der Waals surface area contributed by atoms with Crippen LogP contribution in [-0.2, 0) is 6.18 Å². The lowest BCUT2D eigenvalue weighted by molar-refractivity contribution is -0.137. The Bertz CT molecular complexity index is 1030. The van der Waals surface area contributed by atoms with Crippen LogP contribution in [0.4, 0.5) is 24.8 Å². The van der Waals surface area contributed by atoms with Crippen molar-refractivity contribution < 1.29 is 13.2 Å². The summed E-state index contributed by atoms with van der Waals surface area (Å²) in [5.41, 5.74) is 0.00718. The molecule has 5 rings (SSSR count). The number of alkyl halides is 3. The van der Waals surface area contributed by atoms with E-state index in [2.05, 4.69) is 20.1 Å². The molecule has 0 spiro atoms. The summed E-state index contributed by atoms with van der Waals surface area (Å²) in [7, 11) is 0. The summed E-state index contributed by atoms with van der Waals surface area (Å²) in [6.45, 7) is 2.96. The molecule has 0 radical (unpaired) electrons. The fraction of sp³-hybridized carbons (Fsp3) is 0.500. The van der Waals surface area contributed by atoms with Crippen LogP contribution in [0.25, 0.3) is 5.65 Å². The van der Waals surface area contributed by atoms with Gasteiger partial charge in [-0.15, -0.1) is 15.3 Å². The average molecular weight is 417 g/mol. The molecule has 7 nitrogen and oxygen atoms in total. The van der Waals surface area contributed by atoms with E-state index in [1.54, 1.807) is 9.42 Å². The molecule has 0 aromatic carbocycles. The van der Waals surface area contributed by atoms with Gasteiger partial charge in [-0.25, -0.2) is 4.98 Å². The summed E-state index contributed by atoms with van der Waals surface area (Å²) in [4.78, 5) is 7.99. The highest BCUT2D eigenvalue weighted by Gasteiger charge is 2.37. The number of fused-ring (bicyclic) bond motifs is 1. The van der Waals surface area contributed by atoms with Crippen molar-refractivity contribution in [3.8, 4) is 0 Å². The second kappa shape index (κ2) is 7.41. The molecule has 0 amide bonds. The Morgan fingerprint density at radius 3 is 2.40 bits per heavy atom. The van der Waals surface area contributed by atoms with Gasteiger partial charge >= 0.3 is 6.18 Å². The third kappa shape index (κ3) is 3.44. The SMILES string of the molecule is FC(F)(F)c1cccnc1N1CCC(c2nnc3ccc(N4CCCC4)nn23)CC1. The van der Waals surface area contributed by atoms with Crippen LogP contribution in [0.3, 0.4) is 0 Å². The van der Waals surface area contributed by atoms with Gasteiger partial charge in [0, 0.05) is 38.3 Å². The Hall–Kier alpha value is -2.91. The summed E-state index contributed by atoms with van der Waals surface area (Å²) in [6.07, 6.45) is 0.669. The van der Waals surface area contributed by atoms with E-state index in [9.17, 15) is 13.2 Å². The second-order valence-electron chi connectivity index (χ2n) is 7.85. The van der Waals surface area contributed by atoms with Crippen molar-refractivity contribution in [1.29, 1.82) is 0 Å². The number of anilines is 2. The summed E-state index contributed by atoms with van der Waals surface area (Å²) < 4.78 is 41.8. The molecule has 3 aromatic heterocycles. The summed E-state index contributed by atoms with van der Waals surface area (Å²) >= 11 is 0. The van der Waals surface area contributed by atoms with Crippen molar-refractivity contribution in [2.75, 3.05) is 36.0 Å². The van der Waals surface area contributed by atoms with Crippen molar-refractivity contribution in [2.45, 2.75) is 37.8 Å². The van der Waals surface area contributed by atoms with Crippen LogP contribution in [0.1, 0.15) is 43.0 Å². The zero-order valence-electron chi connectivity index (χ0n) is 16.4. The van der Waals surface area contributed by atoms with E-state index >= 15 is 0 Å². The van der Waals surface area contributed by atoms with Gasteiger partial charge in [-0.05, 0) is 49.9 Å². The maximum atomic E-state index is 13.3. The van der Waals surface area contributed by atoms with Gasteiger partial charge < -0.3 is 9.80 Å². The van der Waals surface area contributed by atoms with Crippen LogP contribution < -0.4 is 9.80 Å². The van der Waals surface area contributed by atoms with Gasteiger partial charge in [-0.2, -0.15) is 17.7 Å². The molecule has 0 saturated carbocycles. The van der Waals surface area contributed by atoms with Crippen LogP contribution in [0.2, 0.25) is 0 Å². The number of hydrogen-bond donors (Lipinski definition) is 0. The predicted octanol–water partition coefficient (Wildman–Crippen LogP) is 3.52.